The molecule has 0 saturated carbocycles. The van der Waals surface area contributed by atoms with E-state index in [1.54, 1.807) is 4.90 Å². The van der Waals surface area contributed by atoms with Crippen LogP contribution in [-0.2, 0) is 4.79 Å². The summed E-state index contributed by atoms with van der Waals surface area (Å²) in [5, 5.41) is 0. The highest BCUT2D eigenvalue weighted by molar-refractivity contribution is 5.99. The van der Waals surface area contributed by atoms with Gasteiger partial charge in [0, 0.05) is 18.5 Å². The van der Waals surface area contributed by atoms with Gasteiger partial charge >= 0.3 is 0 Å². The van der Waals surface area contributed by atoms with Gasteiger partial charge in [-0.1, -0.05) is 30.7 Å². The average molecular weight is 259 g/mol. The largest absolute Gasteiger partial charge is 0.335 e. The zero-order chi connectivity index (χ0) is 13.8. The fourth-order valence-corrected chi connectivity index (χ4v) is 2.42. The van der Waals surface area contributed by atoms with E-state index in [1.807, 2.05) is 31.2 Å². The van der Waals surface area contributed by atoms with Crippen molar-refractivity contribution in [3.63, 3.8) is 0 Å². The maximum atomic E-state index is 12.2. The smallest absolute Gasteiger partial charge is 0.222 e. The quantitative estimate of drug-likeness (QED) is 0.783. The Morgan fingerprint density at radius 2 is 2.16 bits per heavy atom. The van der Waals surface area contributed by atoms with E-state index in [4.69, 9.17) is 0 Å². The number of likely N-dealkylation sites (tertiary alicyclic amines) is 1. The van der Waals surface area contributed by atoms with Gasteiger partial charge in [0.15, 0.2) is 5.78 Å². The molecule has 0 spiro atoms. The molecule has 102 valence electrons. The number of hydrogen-bond donors (Lipinski definition) is 0. The van der Waals surface area contributed by atoms with Crippen molar-refractivity contribution in [2.24, 2.45) is 5.92 Å². The lowest BCUT2D eigenvalue weighted by atomic mass is 10.0. The molecule has 0 bridgehead atoms. The van der Waals surface area contributed by atoms with Crippen LogP contribution in [0.3, 0.4) is 0 Å². The third kappa shape index (κ3) is 3.66. The van der Waals surface area contributed by atoms with Gasteiger partial charge in [0.25, 0.3) is 0 Å². The van der Waals surface area contributed by atoms with Crippen molar-refractivity contribution in [1.29, 1.82) is 0 Å². The van der Waals surface area contributed by atoms with E-state index in [2.05, 4.69) is 6.92 Å². The van der Waals surface area contributed by atoms with Crippen molar-refractivity contribution in [3.8, 4) is 0 Å². The molecule has 1 aliphatic heterocycles. The van der Waals surface area contributed by atoms with Gasteiger partial charge in [-0.2, -0.15) is 0 Å². The first-order chi connectivity index (χ1) is 9.06. The summed E-state index contributed by atoms with van der Waals surface area (Å²) >= 11 is 0. The first kappa shape index (κ1) is 13.8. The molecular weight excluding hydrogens is 238 g/mol. The van der Waals surface area contributed by atoms with Crippen LogP contribution in [0.1, 0.15) is 42.1 Å². The number of nitrogens with zero attached hydrogens (tertiary/aromatic N) is 1. The normalized spacial score (nSPS) is 20.2. The van der Waals surface area contributed by atoms with Gasteiger partial charge in [0.05, 0.1) is 6.54 Å². The zero-order valence-corrected chi connectivity index (χ0v) is 11.7. The predicted octanol–water partition coefficient (Wildman–Crippen LogP) is 2.83. The standard InChI is InChI=1S/C16H21NO2/c1-12-6-7-16(19)17(9-8-12)11-15(18)14-5-3-4-13(2)10-14/h3-5,10,12H,6-9,11H2,1-2H3. The van der Waals surface area contributed by atoms with Crippen LogP contribution in [0, 0.1) is 12.8 Å². The molecule has 1 heterocycles. The number of carbonyl (C=O) groups is 2. The van der Waals surface area contributed by atoms with Crippen molar-refractivity contribution >= 4 is 11.7 Å². The Morgan fingerprint density at radius 1 is 1.37 bits per heavy atom. The SMILES string of the molecule is Cc1cccc(C(=O)CN2CCC(C)CCC2=O)c1. The molecule has 1 amide bonds. The van der Waals surface area contributed by atoms with Crippen LogP contribution in [0.4, 0.5) is 0 Å². The Kier molecular flexibility index (Phi) is 4.35. The highest BCUT2D eigenvalue weighted by Gasteiger charge is 2.22. The van der Waals surface area contributed by atoms with Crippen LogP contribution in [0.25, 0.3) is 0 Å². The van der Waals surface area contributed by atoms with Gasteiger partial charge in [-0.25, -0.2) is 0 Å². The number of benzene rings is 1. The molecule has 1 aromatic carbocycles. The molecule has 1 atom stereocenters. The van der Waals surface area contributed by atoms with E-state index < -0.39 is 0 Å². The molecule has 0 N–H and O–H groups in total. The average Bonchev–Trinajstić information content (AvgIpc) is 2.54. The number of hydrogen-bond acceptors (Lipinski definition) is 2. The second-order valence-corrected chi connectivity index (χ2v) is 5.54. The molecule has 3 heteroatoms. The maximum absolute atomic E-state index is 12.2. The molecule has 1 saturated heterocycles. The summed E-state index contributed by atoms with van der Waals surface area (Å²) < 4.78 is 0. The summed E-state index contributed by atoms with van der Waals surface area (Å²) in [7, 11) is 0. The van der Waals surface area contributed by atoms with Crippen molar-refractivity contribution in [2.45, 2.75) is 33.1 Å². The van der Waals surface area contributed by atoms with Crippen LogP contribution in [0.15, 0.2) is 24.3 Å². The number of carbonyl (C=O) groups excluding carboxylic acids is 2. The lowest BCUT2D eigenvalue weighted by Gasteiger charge is -2.19. The number of Topliss-reactive ketones (excluding diaryl/α,β-unsaturated/α-hetero) is 1. The minimum atomic E-state index is 0.0339. The molecule has 1 fully saturated rings. The van der Waals surface area contributed by atoms with Crippen LogP contribution < -0.4 is 0 Å². The summed E-state index contributed by atoms with van der Waals surface area (Å²) in [5.74, 6) is 0.722. The molecule has 2 rings (SSSR count). The lowest BCUT2D eigenvalue weighted by Crippen LogP contribution is -2.35. The molecular formula is C16H21NO2. The first-order valence-corrected chi connectivity index (χ1v) is 6.94. The molecule has 0 radical (unpaired) electrons. The molecule has 1 unspecified atom stereocenters. The van der Waals surface area contributed by atoms with E-state index >= 15 is 0 Å². The first-order valence-electron chi connectivity index (χ1n) is 6.94. The van der Waals surface area contributed by atoms with Gasteiger partial charge in [-0.05, 0) is 31.7 Å². The molecule has 0 aliphatic carbocycles. The minimum absolute atomic E-state index is 0.0339. The second kappa shape index (κ2) is 6.00. The maximum Gasteiger partial charge on any atom is 0.222 e. The Bertz CT molecular complexity index is 481. The summed E-state index contributed by atoms with van der Waals surface area (Å²) in [4.78, 5) is 25.9. The Hall–Kier alpha value is -1.64. The van der Waals surface area contributed by atoms with Crippen LogP contribution >= 0.6 is 0 Å². The summed E-state index contributed by atoms with van der Waals surface area (Å²) in [5.41, 5.74) is 1.77. The van der Waals surface area contributed by atoms with E-state index in [0.29, 0.717) is 24.4 Å². The fraction of sp³-hybridized carbons (Fsp3) is 0.500. The van der Waals surface area contributed by atoms with E-state index in [-0.39, 0.29) is 18.2 Å². The highest BCUT2D eigenvalue weighted by Crippen LogP contribution is 2.18. The number of ketones is 1. The summed E-state index contributed by atoms with van der Waals surface area (Å²) in [6.45, 7) is 5.06. The van der Waals surface area contributed by atoms with E-state index in [9.17, 15) is 9.59 Å². The van der Waals surface area contributed by atoms with Crippen LogP contribution in [0.5, 0.6) is 0 Å². The zero-order valence-electron chi connectivity index (χ0n) is 11.7. The van der Waals surface area contributed by atoms with Crippen molar-refractivity contribution in [1.82, 2.24) is 4.90 Å². The molecule has 3 nitrogen and oxygen atoms in total. The van der Waals surface area contributed by atoms with Crippen molar-refractivity contribution < 1.29 is 9.59 Å². The summed E-state index contributed by atoms with van der Waals surface area (Å²) in [6, 6.07) is 7.55. The number of rotatable bonds is 3. The van der Waals surface area contributed by atoms with Gasteiger partial charge in [0.1, 0.15) is 0 Å². The fourth-order valence-electron chi connectivity index (χ4n) is 2.42. The topological polar surface area (TPSA) is 37.4 Å². The third-order valence-corrected chi connectivity index (χ3v) is 3.77. The monoisotopic (exact) mass is 259 g/mol. The summed E-state index contributed by atoms with van der Waals surface area (Å²) in [6.07, 6.45) is 2.50. The molecule has 1 aliphatic rings. The van der Waals surface area contributed by atoms with Crippen molar-refractivity contribution in [3.05, 3.63) is 35.4 Å². The lowest BCUT2D eigenvalue weighted by molar-refractivity contribution is -0.130. The molecule has 19 heavy (non-hydrogen) atoms. The van der Waals surface area contributed by atoms with Crippen molar-refractivity contribution in [2.75, 3.05) is 13.1 Å². The second-order valence-electron chi connectivity index (χ2n) is 5.54. The van der Waals surface area contributed by atoms with E-state index in [1.165, 1.54) is 0 Å². The Balaban J connectivity index is 2.03. The minimum Gasteiger partial charge on any atom is -0.335 e. The van der Waals surface area contributed by atoms with Gasteiger partial charge in [-0.15, -0.1) is 0 Å². The van der Waals surface area contributed by atoms with Gasteiger partial charge in [-0.3, -0.25) is 9.59 Å². The number of aryl methyl sites for hydroxylation is 1. The molecule has 0 aromatic heterocycles. The highest BCUT2D eigenvalue weighted by atomic mass is 16.2. The Labute approximate surface area is 114 Å². The van der Waals surface area contributed by atoms with Gasteiger partial charge in [0.2, 0.25) is 5.91 Å². The third-order valence-electron chi connectivity index (χ3n) is 3.77. The van der Waals surface area contributed by atoms with Gasteiger partial charge < -0.3 is 4.90 Å². The van der Waals surface area contributed by atoms with Crippen LogP contribution in [0.2, 0.25) is 0 Å². The number of amides is 1. The molecule has 1 aromatic rings. The predicted molar refractivity (Wildman–Crippen MR) is 75.1 cm³/mol. The van der Waals surface area contributed by atoms with Crippen LogP contribution in [-0.4, -0.2) is 29.7 Å². The Morgan fingerprint density at radius 3 is 2.89 bits per heavy atom. The van der Waals surface area contributed by atoms with E-state index in [0.717, 1.165) is 18.4 Å².